The number of hydrogen-bond donors (Lipinski definition) is 3. The van der Waals surface area contributed by atoms with E-state index in [9.17, 15) is 19.2 Å². The number of rotatable bonds is 11. The zero-order valence-electron chi connectivity index (χ0n) is 25.7. The van der Waals surface area contributed by atoms with Crippen molar-refractivity contribution in [3.05, 3.63) is 59.4 Å². The molecule has 236 valence electrons. The van der Waals surface area contributed by atoms with Crippen LogP contribution >= 0.6 is 0 Å². The number of hydrogen-bond acceptors (Lipinski definition) is 8. The number of fused-ring (bicyclic) bond motifs is 1. The van der Waals surface area contributed by atoms with Gasteiger partial charge in [-0.1, -0.05) is 19.1 Å². The number of nitrogens with one attached hydrogen (secondary N) is 3. The predicted octanol–water partition coefficient (Wildman–Crippen LogP) is 3.94. The Morgan fingerprint density at radius 2 is 1.77 bits per heavy atom. The second-order valence-corrected chi connectivity index (χ2v) is 11.9. The van der Waals surface area contributed by atoms with Gasteiger partial charge in [0.1, 0.15) is 5.60 Å². The van der Waals surface area contributed by atoms with E-state index in [1.54, 1.807) is 38.1 Å². The first kappa shape index (κ1) is 32.4. The quantitative estimate of drug-likeness (QED) is 0.258. The molecule has 2 aliphatic rings. The average molecular weight is 608 g/mol. The number of amides is 5. The lowest BCUT2D eigenvalue weighted by molar-refractivity contribution is -0.132. The summed E-state index contributed by atoms with van der Waals surface area (Å²) in [6, 6.07) is 9.29. The Bertz CT molecular complexity index is 1350. The molecule has 4 rings (SSSR count). The third-order valence-corrected chi connectivity index (χ3v) is 7.04. The van der Waals surface area contributed by atoms with Crippen LogP contribution in [0.25, 0.3) is 0 Å². The molecule has 2 aliphatic heterocycles. The SMILES string of the molecule is CC1CC(=O)N(CCCCCNC(=O)CONC(=O)OC(C)(C)C)N=C1c1ccc(NC(=O)N2Cc3ccncc3C2)cc1. The van der Waals surface area contributed by atoms with Crippen molar-refractivity contribution in [1.82, 2.24) is 25.7 Å². The van der Waals surface area contributed by atoms with Crippen molar-refractivity contribution in [2.45, 2.75) is 72.1 Å². The second kappa shape index (κ2) is 14.8. The minimum Gasteiger partial charge on any atom is -0.442 e. The molecule has 2 aromatic rings. The topological polar surface area (TPSA) is 155 Å². The average Bonchev–Trinajstić information content (AvgIpc) is 3.40. The van der Waals surface area contributed by atoms with E-state index in [4.69, 9.17) is 9.57 Å². The third kappa shape index (κ3) is 9.49. The first-order valence-electron chi connectivity index (χ1n) is 14.8. The van der Waals surface area contributed by atoms with Gasteiger partial charge in [0.05, 0.1) is 5.71 Å². The maximum Gasteiger partial charge on any atom is 0.431 e. The molecule has 5 amide bonds. The Balaban J connectivity index is 1.17. The van der Waals surface area contributed by atoms with Crippen LogP contribution in [-0.4, -0.2) is 69.8 Å². The van der Waals surface area contributed by atoms with Gasteiger partial charge in [0.2, 0.25) is 11.8 Å². The van der Waals surface area contributed by atoms with Crippen LogP contribution in [0.5, 0.6) is 0 Å². The van der Waals surface area contributed by atoms with Gasteiger partial charge in [-0.3, -0.25) is 19.4 Å². The van der Waals surface area contributed by atoms with Crippen molar-refractivity contribution in [1.29, 1.82) is 0 Å². The summed E-state index contributed by atoms with van der Waals surface area (Å²) in [6.07, 6.45) is 5.37. The molecule has 1 atom stereocenters. The van der Waals surface area contributed by atoms with Gasteiger partial charge >= 0.3 is 12.1 Å². The predicted molar refractivity (Wildman–Crippen MR) is 163 cm³/mol. The van der Waals surface area contributed by atoms with E-state index in [2.05, 4.69) is 26.2 Å². The Kier molecular flexibility index (Phi) is 10.9. The zero-order valence-corrected chi connectivity index (χ0v) is 25.7. The lowest BCUT2D eigenvalue weighted by Gasteiger charge is -2.28. The van der Waals surface area contributed by atoms with Crippen LogP contribution < -0.4 is 16.1 Å². The summed E-state index contributed by atoms with van der Waals surface area (Å²) in [5.41, 5.74) is 5.99. The van der Waals surface area contributed by atoms with E-state index in [1.165, 1.54) is 5.01 Å². The molecule has 0 spiro atoms. The van der Waals surface area contributed by atoms with Crippen LogP contribution in [0.1, 0.15) is 70.1 Å². The number of hydrazone groups is 1. The van der Waals surface area contributed by atoms with E-state index < -0.39 is 11.7 Å². The normalized spacial score (nSPS) is 16.2. The summed E-state index contributed by atoms with van der Waals surface area (Å²) in [7, 11) is 0. The molecule has 0 bridgehead atoms. The molecule has 13 nitrogen and oxygen atoms in total. The number of urea groups is 1. The highest BCUT2D eigenvalue weighted by Crippen LogP contribution is 2.24. The van der Waals surface area contributed by atoms with Crippen LogP contribution in [0, 0.1) is 5.92 Å². The molecule has 1 aromatic heterocycles. The number of carbonyl (C=O) groups excluding carboxylic acids is 4. The molecule has 3 heterocycles. The van der Waals surface area contributed by atoms with E-state index in [-0.39, 0.29) is 30.4 Å². The number of ether oxygens (including phenoxy) is 1. The summed E-state index contributed by atoms with van der Waals surface area (Å²) in [6.45, 7) is 8.84. The molecule has 0 saturated carbocycles. The Morgan fingerprint density at radius 1 is 1.02 bits per heavy atom. The fraction of sp³-hybridized carbons (Fsp3) is 0.484. The molecule has 3 N–H and O–H groups in total. The highest BCUT2D eigenvalue weighted by molar-refractivity contribution is 6.06. The zero-order chi connectivity index (χ0) is 31.7. The summed E-state index contributed by atoms with van der Waals surface area (Å²) >= 11 is 0. The van der Waals surface area contributed by atoms with Gasteiger partial charge in [0.25, 0.3) is 0 Å². The summed E-state index contributed by atoms with van der Waals surface area (Å²) in [5.74, 6) is -0.409. The molecule has 0 radical (unpaired) electrons. The molecular weight excluding hydrogens is 566 g/mol. The number of nitrogens with zero attached hydrogens (tertiary/aromatic N) is 4. The van der Waals surface area contributed by atoms with Gasteiger partial charge in [-0.05, 0) is 74.9 Å². The maximum absolute atomic E-state index is 12.8. The number of pyridine rings is 1. The van der Waals surface area contributed by atoms with Gasteiger partial charge in [-0.2, -0.15) is 10.6 Å². The Hall–Kier alpha value is -4.52. The summed E-state index contributed by atoms with van der Waals surface area (Å²) in [4.78, 5) is 59.6. The van der Waals surface area contributed by atoms with E-state index >= 15 is 0 Å². The van der Waals surface area contributed by atoms with Crippen LogP contribution in [-0.2, 0) is 32.3 Å². The smallest absolute Gasteiger partial charge is 0.431 e. The number of carbonyl (C=O) groups is 4. The molecule has 44 heavy (non-hydrogen) atoms. The standard InChI is InChI=1S/C31H41N7O6/c1-21-16-27(40)38(15-7-5-6-13-33-26(39)20-43-36-30(42)44-31(2,3)4)35-28(21)22-8-10-25(11-9-22)34-29(41)37-18-23-12-14-32-17-24(23)19-37/h8-12,14,17,21H,5-7,13,15-16,18-20H2,1-4H3,(H,33,39)(H,34,41)(H,36,42). The van der Waals surface area contributed by atoms with Crippen LogP contribution in [0.2, 0.25) is 0 Å². The maximum atomic E-state index is 12.8. The van der Waals surface area contributed by atoms with Crippen molar-refractivity contribution in [3.63, 3.8) is 0 Å². The van der Waals surface area contributed by atoms with Crippen LogP contribution in [0.4, 0.5) is 15.3 Å². The first-order valence-corrected chi connectivity index (χ1v) is 14.8. The van der Waals surface area contributed by atoms with Crippen molar-refractivity contribution in [2.24, 2.45) is 11.0 Å². The Labute approximate surface area is 257 Å². The fourth-order valence-corrected chi connectivity index (χ4v) is 4.86. The molecule has 0 saturated heterocycles. The second-order valence-electron chi connectivity index (χ2n) is 11.9. The molecule has 13 heteroatoms. The first-order chi connectivity index (χ1) is 21.0. The number of anilines is 1. The lowest BCUT2D eigenvalue weighted by Crippen LogP contribution is -2.37. The van der Waals surface area contributed by atoms with Crippen molar-refractivity contribution in [2.75, 3.05) is 25.0 Å². The third-order valence-electron chi connectivity index (χ3n) is 7.04. The molecular formula is C31H41N7O6. The number of unbranched alkanes of at least 4 members (excludes halogenated alkanes) is 2. The monoisotopic (exact) mass is 607 g/mol. The van der Waals surface area contributed by atoms with Gasteiger partial charge in [-0.25, -0.2) is 14.6 Å². The van der Waals surface area contributed by atoms with Crippen molar-refractivity contribution in [3.8, 4) is 0 Å². The van der Waals surface area contributed by atoms with Crippen molar-refractivity contribution >= 4 is 35.3 Å². The van der Waals surface area contributed by atoms with Crippen molar-refractivity contribution < 1.29 is 28.8 Å². The Morgan fingerprint density at radius 3 is 2.50 bits per heavy atom. The van der Waals surface area contributed by atoms with Gasteiger partial charge in [0.15, 0.2) is 6.61 Å². The summed E-state index contributed by atoms with van der Waals surface area (Å²) < 4.78 is 5.02. The molecule has 1 aromatic carbocycles. The highest BCUT2D eigenvalue weighted by atomic mass is 16.7. The minimum atomic E-state index is -0.763. The van der Waals surface area contributed by atoms with E-state index in [1.807, 2.05) is 37.3 Å². The van der Waals surface area contributed by atoms with Crippen LogP contribution in [0.3, 0.4) is 0 Å². The number of benzene rings is 1. The highest BCUT2D eigenvalue weighted by Gasteiger charge is 2.27. The van der Waals surface area contributed by atoms with Gasteiger partial charge in [-0.15, -0.1) is 0 Å². The number of hydroxylamine groups is 1. The number of aromatic nitrogens is 1. The molecule has 0 fully saturated rings. The van der Waals surface area contributed by atoms with Crippen LogP contribution in [0.15, 0.2) is 47.8 Å². The van der Waals surface area contributed by atoms with E-state index in [0.29, 0.717) is 44.7 Å². The van der Waals surface area contributed by atoms with Gasteiger partial charge in [0, 0.05) is 56.6 Å². The molecule has 1 unspecified atom stereocenters. The largest absolute Gasteiger partial charge is 0.442 e. The molecule has 0 aliphatic carbocycles. The van der Waals surface area contributed by atoms with E-state index in [0.717, 1.165) is 35.2 Å². The minimum absolute atomic E-state index is 0.0186. The summed E-state index contributed by atoms with van der Waals surface area (Å²) in [5, 5.41) is 11.9. The fourth-order valence-electron chi connectivity index (χ4n) is 4.86. The lowest BCUT2D eigenvalue weighted by atomic mass is 9.93. The van der Waals surface area contributed by atoms with Gasteiger partial charge < -0.3 is 20.3 Å².